The summed E-state index contributed by atoms with van der Waals surface area (Å²) >= 11 is 0. The molecule has 1 fully saturated rings. The van der Waals surface area contributed by atoms with Crippen LogP contribution in [0.2, 0.25) is 0 Å². The largest absolute Gasteiger partial charge is 0.472 e. The van der Waals surface area contributed by atoms with Crippen molar-refractivity contribution in [3.8, 4) is 0 Å². The maximum Gasteiger partial charge on any atom is 0.257 e. The molecule has 1 N–H and O–H groups in total. The average Bonchev–Trinajstić information content (AvgIpc) is 3.16. The summed E-state index contributed by atoms with van der Waals surface area (Å²) in [4.78, 5) is 26.7. The SMILES string of the molecule is CC(NC(=O)C1CCCN(C(=O)c2ccoc2)C1)c1ccccc1. The average molecular weight is 326 g/mol. The van der Waals surface area contributed by atoms with Crippen LogP contribution in [-0.4, -0.2) is 29.8 Å². The van der Waals surface area contributed by atoms with Gasteiger partial charge in [0.2, 0.25) is 5.91 Å². The van der Waals surface area contributed by atoms with Crippen molar-refractivity contribution in [3.63, 3.8) is 0 Å². The van der Waals surface area contributed by atoms with Crippen LogP contribution in [0.15, 0.2) is 53.3 Å². The molecule has 5 nitrogen and oxygen atoms in total. The number of nitrogens with one attached hydrogen (secondary N) is 1. The van der Waals surface area contributed by atoms with Gasteiger partial charge in [0.15, 0.2) is 0 Å². The first-order valence-electron chi connectivity index (χ1n) is 8.32. The highest BCUT2D eigenvalue weighted by Crippen LogP contribution is 2.20. The molecule has 2 atom stereocenters. The summed E-state index contributed by atoms with van der Waals surface area (Å²) in [6.07, 6.45) is 4.58. The Kier molecular flexibility index (Phi) is 4.99. The zero-order valence-electron chi connectivity index (χ0n) is 13.8. The van der Waals surface area contributed by atoms with Crippen LogP contribution in [-0.2, 0) is 4.79 Å². The van der Waals surface area contributed by atoms with Crippen LogP contribution in [0.4, 0.5) is 0 Å². The minimum atomic E-state index is -0.166. The Hall–Kier alpha value is -2.56. The van der Waals surface area contributed by atoms with Crippen LogP contribution in [0.25, 0.3) is 0 Å². The molecule has 2 aromatic rings. The van der Waals surface area contributed by atoms with Crippen molar-refractivity contribution in [2.75, 3.05) is 13.1 Å². The molecule has 126 valence electrons. The van der Waals surface area contributed by atoms with Crippen LogP contribution in [0.5, 0.6) is 0 Å². The number of piperidine rings is 1. The molecular formula is C19H22N2O3. The Labute approximate surface area is 141 Å². The second-order valence-electron chi connectivity index (χ2n) is 6.24. The standard InChI is InChI=1S/C19H22N2O3/c1-14(15-6-3-2-4-7-15)20-18(22)16-8-5-10-21(12-16)19(23)17-9-11-24-13-17/h2-4,6-7,9,11,13-14,16H,5,8,10,12H2,1H3,(H,20,22). The lowest BCUT2D eigenvalue weighted by molar-refractivity contribution is -0.127. The highest BCUT2D eigenvalue weighted by atomic mass is 16.3. The molecule has 0 aliphatic carbocycles. The molecule has 0 radical (unpaired) electrons. The van der Waals surface area contributed by atoms with Crippen LogP contribution in [0.1, 0.15) is 41.7 Å². The van der Waals surface area contributed by atoms with Crippen molar-refractivity contribution in [2.45, 2.75) is 25.8 Å². The van der Waals surface area contributed by atoms with E-state index in [0.717, 1.165) is 18.4 Å². The number of carbonyl (C=O) groups is 2. The molecule has 24 heavy (non-hydrogen) atoms. The lowest BCUT2D eigenvalue weighted by atomic mass is 9.96. The van der Waals surface area contributed by atoms with E-state index in [1.54, 1.807) is 11.0 Å². The van der Waals surface area contributed by atoms with Crippen LogP contribution in [0, 0.1) is 5.92 Å². The smallest absolute Gasteiger partial charge is 0.257 e. The number of amides is 2. The van der Waals surface area contributed by atoms with Gasteiger partial charge in [0.1, 0.15) is 6.26 Å². The zero-order chi connectivity index (χ0) is 16.9. The van der Waals surface area contributed by atoms with Crippen molar-refractivity contribution in [1.29, 1.82) is 0 Å². The third-order valence-corrected chi connectivity index (χ3v) is 4.51. The molecule has 2 heterocycles. The molecule has 1 aromatic heterocycles. The van der Waals surface area contributed by atoms with E-state index < -0.39 is 0 Å². The molecule has 3 rings (SSSR count). The van der Waals surface area contributed by atoms with Crippen molar-refractivity contribution in [2.24, 2.45) is 5.92 Å². The second kappa shape index (κ2) is 7.34. The van der Waals surface area contributed by atoms with E-state index in [9.17, 15) is 9.59 Å². The first kappa shape index (κ1) is 16.3. The third kappa shape index (κ3) is 3.67. The predicted octanol–water partition coefficient (Wildman–Crippen LogP) is 3.01. The Morgan fingerprint density at radius 2 is 2.04 bits per heavy atom. The lowest BCUT2D eigenvalue weighted by Crippen LogP contribution is -2.45. The minimum absolute atomic E-state index is 0.0102. The molecule has 0 spiro atoms. The monoisotopic (exact) mass is 326 g/mol. The van der Waals surface area contributed by atoms with Crippen molar-refractivity contribution < 1.29 is 14.0 Å². The van der Waals surface area contributed by atoms with E-state index in [4.69, 9.17) is 4.42 Å². The normalized spacial score (nSPS) is 18.9. The Bertz CT molecular complexity index is 682. The van der Waals surface area contributed by atoms with Gasteiger partial charge in [-0.2, -0.15) is 0 Å². The van der Waals surface area contributed by atoms with E-state index in [1.165, 1.54) is 12.5 Å². The summed E-state index contributed by atoms with van der Waals surface area (Å²) in [5.74, 6) is -0.228. The predicted molar refractivity (Wildman–Crippen MR) is 90.3 cm³/mol. The number of furan rings is 1. The van der Waals surface area contributed by atoms with Crippen molar-refractivity contribution in [3.05, 3.63) is 60.1 Å². The van der Waals surface area contributed by atoms with Crippen molar-refractivity contribution >= 4 is 11.8 Å². The molecule has 1 aliphatic heterocycles. The number of rotatable bonds is 4. The van der Waals surface area contributed by atoms with Crippen LogP contribution >= 0.6 is 0 Å². The van der Waals surface area contributed by atoms with E-state index in [-0.39, 0.29) is 23.8 Å². The number of carbonyl (C=O) groups excluding carboxylic acids is 2. The Balaban J connectivity index is 1.60. The number of hydrogen-bond donors (Lipinski definition) is 1. The van der Waals surface area contributed by atoms with Gasteiger partial charge in [-0.05, 0) is 31.4 Å². The van der Waals surface area contributed by atoms with Gasteiger partial charge in [0.25, 0.3) is 5.91 Å². The number of hydrogen-bond acceptors (Lipinski definition) is 3. The molecule has 2 amide bonds. The molecule has 2 unspecified atom stereocenters. The fraction of sp³-hybridized carbons (Fsp3) is 0.368. The van der Waals surface area contributed by atoms with Crippen LogP contribution < -0.4 is 5.32 Å². The summed E-state index contributed by atoms with van der Waals surface area (Å²) in [6.45, 7) is 3.11. The maximum atomic E-state index is 12.6. The number of likely N-dealkylation sites (tertiary alicyclic amines) is 1. The summed E-state index contributed by atoms with van der Waals surface area (Å²) in [5.41, 5.74) is 1.61. The van der Waals surface area contributed by atoms with Gasteiger partial charge in [-0.15, -0.1) is 0 Å². The number of benzene rings is 1. The molecule has 0 bridgehead atoms. The quantitative estimate of drug-likeness (QED) is 0.939. The van der Waals surface area contributed by atoms with E-state index in [0.29, 0.717) is 18.7 Å². The topological polar surface area (TPSA) is 62.6 Å². The van der Waals surface area contributed by atoms with Gasteiger partial charge < -0.3 is 14.6 Å². The molecule has 1 aromatic carbocycles. The zero-order valence-corrected chi connectivity index (χ0v) is 13.8. The van der Waals surface area contributed by atoms with Crippen molar-refractivity contribution in [1.82, 2.24) is 10.2 Å². The highest BCUT2D eigenvalue weighted by Gasteiger charge is 2.29. The maximum absolute atomic E-state index is 12.6. The van der Waals surface area contributed by atoms with Gasteiger partial charge in [-0.25, -0.2) is 0 Å². The molecule has 1 aliphatic rings. The van der Waals surface area contributed by atoms with Gasteiger partial charge in [0.05, 0.1) is 23.8 Å². The van der Waals surface area contributed by atoms with Crippen LogP contribution in [0.3, 0.4) is 0 Å². The van der Waals surface area contributed by atoms with E-state index in [2.05, 4.69) is 5.32 Å². The van der Waals surface area contributed by atoms with E-state index in [1.807, 2.05) is 37.3 Å². The fourth-order valence-corrected chi connectivity index (χ4v) is 3.10. The second-order valence-corrected chi connectivity index (χ2v) is 6.24. The highest BCUT2D eigenvalue weighted by molar-refractivity contribution is 5.94. The van der Waals surface area contributed by atoms with Gasteiger partial charge in [-0.3, -0.25) is 9.59 Å². The Morgan fingerprint density at radius 3 is 2.75 bits per heavy atom. The summed E-state index contributed by atoms with van der Waals surface area (Å²) in [7, 11) is 0. The summed E-state index contributed by atoms with van der Waals surface area (Å²) in [5, 5.41) is 3.06. The summed E-state index contributed by atoms with van der Waals surface area (Å²) in [6, 6.07) is 11.5. The fourth-order valence-electron chi connectivity index (χ4n) is 3.10. The molecule has 1 saturated heterocycles. The third-order valence-electron chi connectivity index (χ3n) is 4.51. The Morgan fingerprint density at radius 1 is 1.25 bits per heavy atom. The first-order valence-corrected chi connectivity index (χ1v) is 8.32. The number of nitrogens with zero attached hydrogens (tertiary/aromatic N) is 1. The first-order chi connectivity index (χ1) is 11.6. The molecule has 0 saturated carbocycles. The van der Waals surface area contributed by atoms with Gasteiger partial charge in [-0.1, -0.05) is 30.3 Å². The minimum Gasteiger partial charge on any atom is -0.472 e. The molecular weight excluding hydrogens is 304 g/mol. The molecule has 5 heteroatoms. The summed E-state index contributed by atoms with van der Waals surface area (Å²) < 4.78 is 4.98. The lowest BCUT2D eigenvalue weighted by Gasteiger charge is -2.32. The van der Waals surface area contributed by atoms with Gasteiger partial charge in [0, 0.05) is 13.1 Å². The van der Waals surface area contributed by atoms with E-state index >= 15 is 0 Å². The van der Waals surface area contributed by atoms with Gasteiger partial charge >= 0.3 is 0 Å².